The fraction of sp³-hybridized carbons (Fsp3) is 0.278. The highest BCUT2D eigenvalue weighted by Crippen LogP contribution is 2.31. The molecule has 0 bridgehead atoms. The minimum Gasteiger partial charge on any atom is -0.369 e. The van der Waals surface area contributed by atoms with E-state index in [9.17, 15) is 9.59 Å². The van der Waals surface area contributed by atoms with Gasteiger partial charge in [-0.05, 0) is 24.3 Å². The summed E-state index contributed by atoms with van der Waals surface area (Å²) < 4.78 is 0. The van der Waals surface area contributed by atoms with Crippen molar-refractivity contribution in [3.63, 3.8) is 0 Å². The van der Waals surface area contributed by atoms with E-state index in [2.05, 4.69) is 14.8 Å². The second kappa shape index (κ2) is 6.87. The third kappa shape index (κ3) is 3.05. The summed E-state index contributed by atoms with van der Waals surface area (Å²) in [5.74, 6) is -0.639. The van der Waals surface area contributed by atoms with E-state index >= 15 is 0 Å². The van der Waals surface area contributed by atoms with E-state index in [1.165, 1.54) is 17.0 Å². The number of aromatic nitrogens is 1. The number of hydrogen-bond donors (Lipinski definition) is 0. The minimum absolute atomic E-state index is 0.270. The van der Waals surface area contributed by atoms with Crippen molar-refractivity contribution >= 4 is 40.7 Å². The van der Waals surface area contributed by atoms with Crippen molar-refractivity contribution in [1.82, 2.24) is 14.8 Å². The first kappa shape index (κ1) is 17.3. The standard InChI is InChI=1S/C18H16Cl2N4O2/c19-15-9-13-14(10-16(15)20)18(26)24(17(13)25)11-22-5-7-23(8-6-22)12-1-3-21-4-2-12/h1-4,9-10H,5-8,11H2. The molecule has 1 saturated heterocycles. The van der Waals surface area contributed by atoms with Crippen molar-refractivity contribution in [2.75, 3.05) is 37.7 Å². The average Bonchev–Trinajstić information content (AvgIpc) is 2.88. The van der Waals surface area contributed by atoms with E-state index in [0.717, 1.165) is 31.9 Å². The van der Waals surface area contributed by atoms with Gasteiger partial charge in [0.05, 0.1) is 27.8 Å². The van der Waals surface area contributed by atoms with Gasteiger partial charge in [0.1, 0.15) is 0 Å². The van der Waals surface area contributed by atoms with Gasteiger partial charge in [0.15, 0.2) is 0 Å². The molecule has 1 fully saturated rings. The first-order valence-electron chi connectivity index (χ1n) is 8.27. The van der Waals surface area contributed by atoms with Crippen LogP contribution in [0.4, 0.5) is 5.69 Å². The fourth-order valence-corrected chi connectivity index (χ4v) is 3.64. The van der Waals surface area contributed by atoms with Crippen molar-refractivity contribution in [2.24, 2.45) is 0 Å². The van der Waals surface area contributed by atoms with Crippen LogP contribution in [0.15, 0.2) is 36.7 Å². The molecule has 0 unspecified atom stereocenters. The number of piperazine rings is 1. The molecular formula is C18H16Cl2N4O2. The Bertz CT molecular complexity index is 826. The Balaban J connectivity index is 1.43. The first-order valence-corrected chi connectivity index (χ1v) is 9.03. The van der Waals surface area contributed by atoms with E-state index in [1.807, 2.05) is 12.1 Å². The molecule has 1 aromatic heterocycles. The van der Waals surface area contributed by atoms with Crippen molar-refractivity contribution in [2.45, 2.75) is 0 Å². The van der Waals surface area contributed by atoms with Gasteiger partial charge in [-0.1, -0.05) is 23.2 Å². The molecule has 0 aliphatic carbocycles. The number of rotatable bonds is 3. The molecule has 6 nitrogen and oxygen atoms in total. The summed E-state index contributed by atoms with van der Waals surface area (Å²) >= 11 is 12.0. The van der Waals surface area contributed by atoms with E-state index in [4.69, 9.17) is 23.2 Å². The van der Waals surface area contributed by atoms with Gasteiger partial charge in [-0.2, -0.15) is 0 Å². The number of hydrogen-bond acceptors (Lipinski definition) is 5. The maximum Gasteiger partial charge on any atom is 0.262 e. The summed E-state index contributed by atoms with van der Waals surface area (Å²) in [6.45, 7) is 3.44. The van der Waals surface area contributed by atoms with Gasteiger partial charge in [-0.25, -0.2) is 0 Å². The number of benzene rings is 1. The number of imide groups is 1. The fourth-order valence-electron chi connectivity index (χ4n) is 3.31. The molecule has 3 heterocycles. The molecule has 0 spiro atoms. The molecular weight excluding hydrogens is 375 g/mol. The average molecular weight is 391 g/mol. The minimum atomic E-state index is -0.319. The van der Waals surface area contributed by atoms with Crippen LogP contribution in [0.5, 0.6) is 0 Å². The number of halogens is 2. The Hall–Kier alpha value is -2.15. The van der Waals surface area contributed by atoms with Crippen LogP contribution in [0.1, 0.15) is 20.7 Å². The lowest BCUT2D eigenvalue weighted by Crippen LogP contribution is -2.51. The maximum absolute atomic E-state index is 12.6. The highest BCUT2D eigenvalue weighted by Gasteiger charge is 2.37. The second-order valence-electron chi connectivity index (χ2n) is 6.30. The predicted octanol–water partition coefficient (Wildman–Crippen LogP) is 2.76. The molecule has 2 amide bonds. The van der Waals surface area contributed by atoms with Gasteiger partial charge < -0.3 is 4.90 Å². The van der Waals surface area contributed by atoms with E-state index in [1.54, 1.807) is 12.4 Å². The van der Waals surface area contributed by atoms with Gasteiger partial charge in [0.2, 0.25) is 0 Å². The highest BCUT2D eigenvalue weighted by molar-refractivity contribution is 6.43. The zero-order valence-electron chi connectivity index (χ0n) is 13.9. The number of fused-ring (bicyclic) bond motifs is 1. The zero-order chi connectivity index (χ0) is 18.3. The first-order chi connectivity index (χ1) is 12.5. The van der Waals surface area contributed by atoms with E-state index in [0.29, 0.717) is 11.1 Å². The van der Waals surface area contributed by atoms with Crippen LogP contribution >= 0.6 is 23.2 Å². The lowest BCUT2D eigenvalue weighted by atomic mass is 10.1. The lowest BCUT2D eigenvalue weighted by Gasteiger charge is -2.37. The van der Waals surface area contributed by atoms with E-state index < -0.39 is 0 Å². The molecule has 26 heavy (non-hydrogen) atoms. The third-order valence-electron chi connectivity index (χ3n) is 4.75. The monoisotopic (exact) mass is 390 g/mol. The molecule has 8 heteroatoms. The predicted molar refractivity (Wildman–Crippen MR) is 99.9 cm³/mol. The quantitative estimate of drug-likeness (QED) is 0.754. The van der Waals surface area contributed by atoms with Crippen LogP contribution in [0.2, 0.25) is 10.0 Å². The van der Waals surface area contributed by atoms with Crippen molar-refractivity contribution in [3.05, 3.63) is 57.8 Å². The number of anilines is 1. The topological polar surface area (TPSA) is 56.8 Å². The highest BCUT2D eigenvalue weighted by atomic mass is 35.5. The van der Waals surface area contributed by atoms with E-state index in [-0.39, 0.29) is 28.5 Å². The number of carbonyl (C=O) groups excluding carboxylic acids is 2. The summed E-state index contributed by atoms with van der Waals surface area (Å²) in [6, 6.07) is 6.91. The zero-order valence-corrected chi connectivity index (χ0v) is 15.4. The molecule has 1 aromatic carbocycles. The largest absolute Gasteiger partial charge is 0.369 e. The smallest absolute Gasteiger partial charge is 0.262 e. The van der Waals surface area contributed by atoms with Gasteiger partial charge >= 0.3 is 0 Å². The molecule has 4 rings (SSSR count). The number of carbonyl (C=O) groups is 2. The van der Waals surface area contributed by atoms with Crippen LogP contribution < -0.4 is 4.90 Å². The Morgan fingerprint density at radius 3 is 1.96 bits per heavy atom. The number of pyridine rings is 1. The van der Waals surface area contributed by atoms with Gasteiger partial charge in [0.25, 0.3) is 11.8 Å². The van der Waals surface area contributed by atoms with Gasteiger partial charge in [-0.3, -0.25) is 24.4 Å². The van der Waals surface area contributed by atoms with Crippen LogP contribution in [0.3, 0.4) is 0 Å². The van der Waals surface area contributed by atoms with Gasteiger partial charge in [0, 0.05) is 44.3 Å². The summed E-state index contributed by atoms with van der Waals surface area (Å²) in [5.41, 5.74) is 1.77. The number of nitrogens with zero attached hydrogens (tertiary/aromatic N) is 4. The Morgan fingerprint density at radius 2 is 1.42 bits per heavy atom. The molecule has 2 aliphatic heterocycles. The lowest BCUT2D eigenvalue weighted by molar-refractivity contribution is 0.0535. The van der Waals surface area contributed by atoms with Crippen LogP contribution in [-0.4, -0.2) is 59.4 Å². The third-order valence-corrected chi connectivity index (χ3v) is 5.48. The Morgan fingerprint density at radius 1 is 0.885 bits per heavy atom. The second-order valence-corrected chi connectivity index (χ2v) is 7.12. The summed E-state index contributed by atoms with van der Waals surface area (Å²) in [6.07, 6.45) is 3.55. The number of amides is 2. The SMILES string of the molecule is O=C1c2cc(Cl)c(Cl)cc2C(=O)N1CN1CCN(c2ccncc2)CC1. The summed E-state index contributed by atoms with van der Waals surface area (Å²) in [7, 11) is 0. The summed E-state index contributed by atoms with van der Waals surface area (Å²) in [5, 5.41) is 0.554. The van der Waals surface area contributed by atoms with Crippen LogP contribution in [0, 0.1) is 0 Å². The Labute approximate surface area is 160 Å². The van der Waals surface area contributed by atoms with Crippen LogP contribution in [0.25, 0.3) is 0 Å². The molecule has 134 valence electrons. The van der Waals surface area contributed by atoms with Gasteiger partial charge in [-0.15, -0.1) is 0 Å². The van der Waals surface area contributed by atoms with Crippen LogP contribution in [-0.2, 0) is 0 Å². The summed E-state index contributed by atoms with van der Waals surface area (Å²) in [4.78, 5) is 34.8. The van der Waals surface area contributed by atoms with Crippen molar-refractivity contribution in [1.29, 1.82) is 0 Å². The Kier molecular flexibility index (Phi) is 4.56. The molecule has 0 saturated carbocycles. The maximum atomic E-state index is 12.6. The van der Waals surface area contributed by atoms with Crippen molar-refractivity contribution < 1.29 is 9.59 Å². The molecule has 0 atom stereocenters. The normalized spacial score (nSPS) is 17.8. The molecule has 2 aromatic rings. The molecule has 0 radical (unpaired) electrons. The molecule has 0 N–H and O–H groups in total. The van der Waals surface area contributed by atoms with Crippen molar-refractivity contribution in [3.8, 4) is 0 Å². The molecule has 2 aliphatic rings.